The number of rotatable bonds is 6. The highest BCUT2D eigenvalue weighted by molar-refractivity contribution is 6.30. The normalized spacial score (nSPS) is 11.0. The van der Waals surface area contributed by atoms with E-state index in [1.807, 2.05) is 54.0 Å². The molecule has 5 rings (SSSR count). The summed E-state index contributed by atoms with van der Waals surface area (Å²) in [6, 6.07) is 29.0. The molecule has 0 amide bonds. The minimum atomic E-state index is -0.446. The summed E-state index contributed by atoms with van der Waals surface area (Å²) in [6.07, 6.45) is 1.80. The van der Waals surface area contributed by atoms with Crippen molar-refractivity contribution in [3.05, 3.63) is 113 Å². The van der Waals surface area contributed by atoms with Crippen LogP contribution < -0.4 is 0 Å². The van der Waals surface area contributed by atoms with E-state index in [9.17, 15) is 9.90 Å². The summed E-state index contributed by atoms with van der Waals surface area (Å²) in [5, 5.41) is 11.8. The van der Waals surface area contributed by atoms with Crippen molar-refractivity contribution in [2.24, 2.45) is 0 Å². The van der Waals surface area contributed by atoms with E-state index >= 15 is 0 Å². The first-order valence-corrected chi connectivity index (χ1v) is 11.8. The van der Waals surface area contributed by atoms with Gasteiger partial charge in [-0.2, -0.15) is 0 Å². The number of fused-ring (bicyclic) bond motifs is 1. The zero-order valence-electron chi connectivity index (χ0n) is 19.2. The minimum Gasteiger partial charge on any atom is -0.508 e. The van der Waals surface area contributed by atoms with Crippen molar-refractivity contribution >= 4 is 28.5 Å². The van der Waals surface area contributed by atoms with Crippen LogP contribution in [0.25, 0.3) is 33.2 Å². The largest absolute Gasteiger partial charge is 0.508 e. The van der Waals surface area contributed by atoms with Crippen molar-refractivity contribution in [3.63, 3.8) is 0 Å². The number of benzene rings is 4. The SMILES string of the molecule is CCn1cc(C(=O)OCc2cccc(Cl)c2)c2cc(O)cc(-c3ccc(-c4ccccc4)cc3)c21. The number of esters is 1. The molecule has 174 valence electrons. The second-order valence-corrected chi connectivity index (χ2v) is 8.80. The summed E-state index contributed by atoms with van der Waals surface area (Å²) >= 11 is 6.04. The molecule has 5 aromatic rings. The molecule has 35 heavy (non-hydrogen) atoms. The fraction of sp³-hybridized carbons (Fsp3) is 0.100. The molecule has 0 unspecified atom stereocenters. The quantitative estimate of drug-likeness (QED) is 0.253. The van der Waals surface area contributed by atoms with Gasteiger partial charge in [-0.25, -0.2) is 4.79 Å². The van der Waals surface area contributed by atoms with Crippen LogP contribution in [0.3, 0.4) is 0 Å². The smallest absolute Gasteiger partial charge is 0.340 e. The first kappa shape index (κ1) is 22.8. The van der Waals surface area contributed by atoms with Crippen LogP contribution in [0, 0.1) is 0 Å². The lowest BCUT2D eigenvalue weighted by Crippen LogP contribution is -2.04. The Morgan fingerprint density at radius 2 is 1.60 bits per heavy atom. The predicted octanol–water partition coefficient (Wildman–Crippen LogP) is 7.71. The number of halogens is 1. The molecular formula is C30H24ClNO3. The van der Waals surface area contributed by atoms with E-state index < -0.39 is 5.97 Å². The average Bonchev–Trinajstić information content (AvgIpc) is 3.26. The van der Waals surface area contributed by atoms with Crippen LogP contribution in [-0.4, -0.2) is 15.6 Å². The molecule has 0 saturated heterocycles. The molecule has 0 aliphatic heterocycles. The van der Waals surface area contributed by atoms with Crippen LogP contribution in [0.15, 0.2) is 97.2 Å². The molecule has 4 nitrogen and oxygen atoms in total. The minimum absolute atomic E-state index is 0.0948. The summed E-state index contributed by atoms with van der Waals surface area (Å²) in [5.41, 5.74) is 6.18. The molecule has 0 aliphatic rings. The highest BCUT2D eigenvalue weighted by Crippen LogP contribution is 2.37. The second kappa shape index (κ2) is 9.69. The number of nitrogens with zero attached hydrogens (tertiary/aromatic N) is 1. The van der Waals surface area contributed by atoms with Gasteiger partial charge in [0.15, 0.2) is 0 Å². The number of aromatic nitrogens is 1. The third-order valence-corrected chi connectivity index (χ3v) is 6.31. The lowest BCUT2D eigenvalue weighted by molar-refractivity contribution is 0.0475. The summed E-state index contributed by atoms with van der Waals surface area (Å²) in [5.74, 6) is -0.351. The average molecular weight is 482 g/mol. The molecule has 0 saturated carbocycles. The van der Waals surface area contributed by atoms with E-state index in [0.717, 1.165) is 33.3 Å². The number of phenols is 1. The Hall–Kier alpha value is -4.02. The van der Waals surface area contributed by atoms with Gasteiger partial charge in [-0.3, -0.25) is 0 Å². The van der Waals surface area contributed by atoms with Crippen molar-refractivity contribution < 1.29 is 14.6 Å². The van der Waals surface area contributed by atoms with Crippen LogP contribution >= 0.6 is 11.6 Å². The van der Waals surface area contributed by atoms with Gasteiger partial charge < -0.3 is 14.4 Å². The molecule has 0 bridgehead atoms. The van der Waals surface area contributed by atoms with Crippen LogP contribution in [0.1, 0.15) is 22.8 Å². The van der Waals surface area contributed by atoms with E-state index in [1.165, 1.54) is 0 Å². The van der Waals surface area contributed by atoms with Crippen molar-refractivity contribution in [2.75, 3.05) is 0 Å². The third-order valence-electron chi connectivity index (χ3n) is 6.08. The lowest BCUT2D eigenvalue weighted by atomic mass is 9.98. The third kappa shape index (κ3) is 4.66. The summed E-state index contributed by atoms with van der Waals surface area (Å²) in [6.45, 7) is 2.80. The molecule has 5 heteroatoms. The summed E-state index contributed by atoms with van der Waals surface area (Å²) in [4.78, 5) is 13.1. The molecule has 1 N–H and O–H groups in total. The molecule has 0 spiro atoms. The topological polar surface area (TPSA) is 51.5 Å². The Bertz CT molecular complexity index is 1500. The maximum Gasteiger partial charge on any atom is 0.340 e. The van der Waals surface area contributed by atoms with Gasteiger partial charge in [0, 0.05) is 28.7 Å². The highest BCUT2D eigenvalue weighted by atomic mass is 35.5. The highest BCUT2D eigenvalue weighted by Gasteiger charge is 2.20. The number of hydrogen-bond acceptors (Lipinski definition) is 3. The number of ether oxygens (including phenoxy) is 1. The maximum absolute atomic E-state index is 13.1. The second-order valence-electron chi connectivity index (χ2n) is 8.37. The molecule has 0 fully saturated rings. The van der Waals surface area contributed by atoms with E-state index in [2.05, 4.69) is 24.3 Å². The Kier molecular flexibility index (Phi) is 6.30. The maximum atomic E-state index is 13.1. The van der Waals surface area contributed by atoms with Crippen LogP contribution in [0.5, 0.6) is 5.75 Å². The number of carbonyl (C=O) groups excluding carboxylic acids is 1. The van der Waals surface area contributed by atoms with E-state index in [4.69, 9.17) is 16.3 Å². The van der Waals surface area contributed by atoms with Crippen molar-refractivity contribution in [1.29, 1.82) is 0 Å². The molecular weight excluding hydrogens is 458 g/mol. The molecule has 1 aromatic heterocycles. The van der Waals surface area contributed by atoms with E-state index in [0.29, 0.717) is 22.5 Å². The Balaban J connectivity index is 1.52. The van der Waals surface area contributed by atoms with Crippen LogP contribution in [0.2, 0.25) is 5.02 Å². The van der Waals surface area contributed by atoms with Gasteiger partial charge >= 0.3 is 5.97 Å². The monoisotopic (exact) mass is 481 g/mol. The summed E-state index contributed by atoms with van der Waals surface area (Å²) in [7, 11) is 0. The fourth-order valence-electron chi connectivity index (χ4n) is 4.38. The zero-order valence-corrected chi connectivity index (χ0v) is 20.0. The van der Waals surface area contributed by atoms with Gasteiger partial charge in [-0.1, -0.05) is 78.3 Å². The number of phenolic OH excluding ortho intramolecular Hbond substituents is 1. The first-order chi connectivity index (χ1) is 17.0. The van der Waals surface area contributed by atoms with Crippen molar-refractivity contribution in [2.45, 2.75) is 20.1 Å². The summed E-state index contributed by atoms with van der Waals surface area (Å²) < 4.78 is 7.61. The number of aromatic hydroxyl groups is 1. The number of aryl methyl sites for hydroxylation is 1. The van der Waals surface area contributed by atoms with Gasteiger partial charge in [-0.15, -0.1) is 0 Å². The number of hydrogen-bond donors (Lipinski definition) is 1. The number of carbonyl (C=O) groups is 1. The van der Waals surface area contributed by atoms with Gasteiger partial charge in [0.25, 0.3) is 0 Å². The van der Waals surface area contributed by atoms with Crippen molar-refractivity contribution in [1.82, 2.24) is 4.57 Å². The van der Waals surface area contributed by atoms with Crippen LogP contribution in [-0.2, 0) is 17.9 Å². The van der Waals surface area contributed by atoms with E-state index in [-0.39, 0.29) is 12.4 Å². The van der Waals surface area contributed by atoms with Crippen LogP contribution in [0.4, 0.5) is 0 Å². The Morgan fingerprint density at radius 1 is 0.886 bits per heavy atom. The Labute approximate surface area is 209 Å². The fourth-order valence-corrected chi connectivity index (χ4v) is 4.60. The molecule has 1 heterocycles. The molecule has 0 aliphatic carbocycles. The first-order valence-electron chi connectivity index (χ1n) is 11.5. The standard InChI is InChI=1S/C30H24ClNO3/c1-2-32-18-28(30(34)35-19-20-7-6-10-24(31)15-20)27-17-25(33)16-26(29(27)32)23-13-11-22(12-14-23)21-8-4-3-5-9-21/h3-18,33H,2,19H2,1H3. The zero-order chi connectivity index (χ0) is 24.4. The van der Waals surface area contributed by atoms with Gasteiger partial charge in [-0.05, 0) is 53.4 Å². The van der Waals surface area contributed by atoms with Crippen molar-refractivity contribution in [3.8, 4) is 28.0 Å². The molecule has 4 aromatic carbocycles. The Morgan fingerprint density at radius 3 is 2.31 bits per heavy atom. The molecule has 0 atom stereocenters. The van der Waals surface area contributed by atoms with Gasteiger partial charge in [0.05, 0.1) is 11.1 Å². The van der Waals surface area contributed by atoms with Gasteiger partial charge in [0.1, 0.15) is 12.4 Å². The van der Waals surface area contributed by atoms with E-state index in [1.54, 1.807) is 30.5 Å². The lowest BCUT2D eigenvalue weighted by Gasteiger charge is -2.11. The van der Waals surface area contributed by atoms with Gasteiger partial charge in [0.2, 0.25) is 0 Å². The predicted molar refractivity (Wildman–Crippen MR) is 141 cm³/mol. The molecule has 0 radical (unpaired) electrons.